The maximum atomic E-state index is 9.10. The van der Waals surface area contributed by atoms with E-state index in [0.29, 0.717) is 6.04 Å². The van der Waals surface area contributed by atoms with Crippen molar-refractivity contribution in [1.82, 2.24) is 5.32 Å². The second-order valence-corrected chi connectivity index (χ2v) is 6.46. The number of nitrogens with zero attached hydrogens (tertiary/aromatic N) is 2. The number of fused-ring (bicyclic) bond motifs is 1. The zero-order valence-electron chi connectivity index (χ0n) is 12.8. The molecule has 0 radical (unpaired) electrons. The molecule has 0 bridgehead atoms. The molecule has 2 rings (SSSR count). The van der Waals surface area contributed by atoms with Gasteiger partial charge in [0, 0.05) is 31.4 Å². The fraction of sp³-hybridized carbons (Fsp3) is 0.588. The van der Waals surface area contributed by atoms with E-state index in [-0.39, 0.29) is 5.41 Å². The molecule has 3 nitrogen and oxygen atoms in total. The Kier molecular flexibility index (Phi) is 4.67. The van der Waals surface area contributed by atoms with Crippen LogP contribution in [-0.2, 0) is 6.54 Å². The van der Waals surface area contributed by atoms with Gasteiger partial charge in [0.15, 0.2) is 0 Å². The van der Waals surface area contributed by atoms with E-state index in [1.165, 1.54) is 11.3 Å². The molecule has 0 fully saturated rings. The Morgan fingerprint density at radius 1 is 1.40 bits per heavy atom. The van der Waals surface area contributed by atoms with Gasteiger partial charge in [-0.25, -0.2) is 0 Å². The quantitative estimate of drug-likeness (QED) is 0.913. The van der Waals surface area contributed by atoms with E-state index in [1.807, 2.05) is 13.8 Å². The standard InChI is InChI=1S/C17H25N3/c1-14-12-20(10-6-9-17(2,3)13-18)16-8-5-4-7-15(16)11-19-14/h4-5,7-8,14,19H,6,9-12H2,1-3H3. The Morgan fingerprint density at radius 3 is 2.90 bits per heavy atom. The van der Waals surface area contributed by atoms with Gasteiger partial charge >= 0.3 is 0 Å². The Balaban J connectivity index is 2.04. The van der Waals surface area contributed by atoms with E-state index in [2.05, 4.69) is 47.5 Å². The first kappa shape index (κ1) is 14.9. The summed E-state index contributed by atoms with van der Waals surface area (Å²) in [5.41, 5.74) is 2.50. The van der Waals surface area contributed by atoms with Crippen molar-refractivity contribution >= 4 is 5.69 Å². The fourth-order valence-electron chi connectivity index (χ4n) is 2.73. The molecule has 0 spiro atoms. The normalized spacial score (nSPS) is 19.1. The van der Waals surface area contributed by atoms with Gasteiger partial charge in [-0.2, -0.15) is 5.26 Å². The van der Waals surface area contributed by atoms with Crippen LogP contribution < -0.4 is 10.2 Å². The molecule has 1 heterocycles. The molecule has 0 saturated carbocycles. The average molecular weight is 271 g/mol. The van der Waals surface area contributed by atoms with Crippen LogP contribution in [0.15, 0.2) is 24.3 Å². The first-order valence-corrected chi connectivity index (χ1v) is 7.49. The number of hydrogen-bond acceptors (Lipinski definition) is 3. The molecular weight excluding hydrogens is 246 g/mol. The fourth-order valence-corrected chi connectivity index (χ4v) is 2.73. The largest absolute Gasteiger partial charge is 0.370 e. The lowest BCUT2D eigenvalue weighted by atomic mass is 9.90. The maximum Gasteiger partial charge on any atom is 0.0683 e. The van der Waals surface area contributed by atoms with Crippen molar-refractivity contribution in [3.05, 3.63) is 29.8 Å². The summed E-state index contributed by atoms with van der Waals surface area (Å²) in [7, 11) is 0. The van der Waals surface area contributed by atoms with E-state index in [0.717, 1.165) is 32.5 Å². The smallest absolute Gasteiger partial charge is 0.0683 e. The molecule has 20 heavy (non-hydrogen) atoms. The van der Waals surface area contributed by atoms with E-state index >= 15 is 0 Å². The van der Waals surface area contributed by atoms with E-state index in [9.17, 15) is 0 Å². The van der Waals surface area contributed by atoms with Gasteiger partial charge in [-0.3, -0.25) is 0 Å². The second-order valence-electron chi connectivity index (χ2n) is 6.46. The predicted molar refractivity (Wildman–Crippen MR) is 83.6 cm³/mol. The molecule has 1 aromatic carbocycles. The van der Waals surface area contributed by atoms with Crippen LogP contribution in [0.1, 0.15) is 39.2 Å². The number of anilines is 1. The van der Waals surface area contributed by atoms with Crippen LogP contribution in [0.5, 0.6) is 0 Å². The third-order valence-corrected chi connectivity index (χ3v) is 4.00. The van der Waals surface area contributed by atoms with Gasteiger partial charge in [0.05, 0.1) is 11.5 Å². The summed E-state index contributed by atoms with van der Waals surface area (Å²) in [5, 5.41) is 12.7. The van der Waals surface area contributed by atoms with Gasteiger partial charge in [0.25, 0.3) is 0 Å². The van der Waals surface area contributed by atoms with Gasteiger partial charge in [-0.05, 0) is 45.2 Å². The van der Waals surface area contributed by atoms with Crippen molar-refractivity contribution < 1.29 is 0 Å². The molecule has 0 amide bonds. The highest BCUT2D eigenvalue weighted by Crippen LogP contribution is 2.26. The summed E-state index contributed by atoms with van der Waals surface area (Å²) in [6.07, 6.45) is 2.01. The van der Waals surface area contributed by atoms with Crippen LogP contribution in [0.2, 0.25) is 0 Å². The third-order valence-electron chi connectivity index (χ3n) is 4.00. The Labute approximate surface area is 122 Å². The number of nitrogens with one attached hydrogen (secondary N) is 1. The minimum Gasteiger partial charge on any atom is -0.370 e. The lowest BCUT2D eigenvalue weighted by Gasteiger charge is -2.27. The van der Waals surface area contributed by atoms with E-state index in [1.54, 1.807) is 0 Å². The molecule has 1 aliphatic rings. The SMILES string of the molecule is CC1CN(CCCC(C)(C)C#N)c2ccccc2CN1. The molecule has 0 aliphatic carbocycles. The van der Waals surface area contributed by atoms with Gasteiger partial charge in [0.1, 0.15) is 0 Å². The van der Waals surface area contributed by atoms with Gasteiger partial charge in [-0.15, -0.1) is 0 Å². The average Bonchev–Trinajstić information content (AvgIpc) is 2.59. The zero-order valence-corrected chi connectivity index (χ0v) is 12.8. The summed E-state index contributed by atoms with van der Waals surface area (Å²) in [6, 6.07) is 11.5. The topological polar surface area (TPSA) is 39.1 Å². The molecule has 1 unspecified atom stereocenters. The summed E-state index contributed by atoms with van der Waals surface area (Å²) < 4.78 is 0. The van der Waals surface area contributed by atoms with Crippen LogP contribution in [0, 0.1) is 16.7 Å². The summed E-state index contributed by atoms with van der Waals surface area (Å²) in [6.45, 7) is 9.27. The summed E-state index contributed by atoms with van der Waals surface area (Å²) in [5.74, 6) is 0. The molecule has 0 saturated heterocycles. The van der Waals surface area contributed by atoms with Crippen LogP contribution >= 0.6 is 0 Å². The van der Waals surface area contributed by atoms with Crippen LogP contribution in [0.4, 0.5) is 5.69 Å². The maximum absolute atomic E-state index is 9.10. The Hall–Kier alpha value is -1.53. The van der Waals surface area contributed by atoms with Crippen molar-refractivity contribution in [3.63, 3.8) is 0 Å². The number of nitriles is 1. The Bertz CT molecular complexity index is 487. The molecule has 1 aliphatic heterocycles. The van der Waals surface area contributed by atoms with Crippen LogP contribution in [0.25, 0.3) is 0 Å². The lowest BCUT2D eigenvalue weighted by Crippen LogP contribution is -2.36. The monoisotopic (exact) mass is 271 g/mol. The van der Waals surface area contributed by atoms with Gasteiger partial charge < -0.3 is 10.2 Å². The second kappa shape index (κ2) is 6.28. The molecule has 108 valence electrons. The van der Waals surface area contributed by atoms with Crippen LogP contribution in [-0.4, -0.2) is 19.1 Å². The first-order valence-electron chi connectivity index (χ1n) is 7.49. The highest BCUT2D eigenvalue weighted by Gasteiger charge is 2.20. The number of rotatable bonds is 4. The number of para-hydroxylation sites is 1. The minimum absolute atomic E-state index is 0.213. The predicted octanol–water partition coefficient (Wildman–Crippen LogP) is 3.31. The molecule has 1 atom stereocenters. The number of hydrogen-bond donors (Lipinski definition) is 1. The highest BCUT2D eigenvalue weighted by molar-refractivity contribution is 5.54. The van der Waals surface area contributed by atoms with Crippen molar-refractivity contribution in [2.75, 3.05) is 18.0 Å². The lowest BCUT2D eigenvalue weighted by molar-refractivity contribution is 0.432. The molecule has 1 N–H and O–H groups in total. The third kappa shape index (κ3) is 3.74. The van der Waals surface area contributed by atoms with Crippen molar-refractivity contribution in [3.8, 4) is 6.07 Å². The molecule has 0 aromatic heterocycles. The summed E-state index contributed by atoms with van der Waals surface area (Å²) >= 11 is 0. The van der Waals surface area contributed by atoms with Gasteiger partial charge in [0.2, 0.25) is 0 Å². The minimum atomic E-state index is -0.213. The number of benzene rings is 1. The highest BCUT2D eigenvalue weighted by atomic mass is 15.2. The molecule has 1 aromatic rings. The van der Waals surface area contributed by atoms with Gasteiger partial charge in [-0.1, -0.05) is 18.2 Å². The molecular formula is C17H25N3. The summed E-state index contributed by atoms with van der Waals surface area (Å²) in [4.78, 5) is 2.47. The molecule has 3 heteroatoms. The van der Waals surface area contributed by atoms with E-state index < -0.39 is 0 Å². The van der Waals surface area contributed by atoms with Crippen molar-refractivity contribution in [2.45, 2.75) is 46.2 Å². The Morgan fingerprint density at radius 2 is 2.15 bits per heavy atom. The van der Waals surface area contributed by atoms with Crippen LogP contribution in [0.3, 0.4) is 0 Å². The van der Waals surface area contributed by atoms with E-state index in [4.69, 9.17) is 5.26 Å². The van der Waals surface area contributed by atoms with Crippen molar-refractivity contribution in [2.24, 2.45) is 5.41 Å². The van der Waals surface area contributed by atoms with Crippen molar-refractivity contribution in [1.29, 1.82) is 5.26 Å². The zero-order chi connectivity index (χ0) is 14.6. The first-order chi connectivity index (χ1) is 9.52.